The van der Waals surface area contributed by atoms with Crippen molar-refractivity contribution < 1.29 is 22.8 Å². The van der Waals surface area contributed by atoms with Gasteiger partial charge in [-0.3, -0.25) is 4.79 Å². The first-order chi connectivity index (χ1) is 19.2. The molecule has 4 rings (SSSR count). The Labute approximate surface area is 262 Å². The number of ether oxygens (including phenoxy) is 1. The van der Waals surface area contributed by atoms with Crippen molar-refractivity contribution in [1.29, 1.82) is 0 Å². The van der Waals surface area contributed by atoms with Crippen molar-refractivity contribution >= 4 is 30.9 Å². The van der Waals surface area contributed by atoms with Crippen molar-refractivity contribution in [2.75, 3.05) is 7.11 Å². The first-order valence-electron chi connectivity index (χ1n) is 17.3. The topological polar surface area (TPSA) is 54.0 Å². The fraction of sp³-hybridized carbons (Fsp3) is 0.971. The van der Waals surface area contributed by atoms with E-state index in [0.717, 1.165) is 6.42 Å². The molecule has 0 aromatic rings. The summed E-state index contributed by atoms with van der Waals surface area (Å²) in [5.74, 6) is 3.45. The molecule has 4 aliphatic rings. The molecule has 0 N–H and O–H groups in total. The minimum Gasteiger partial charge on any atom is -0.469 e. The molecule has 42 heavy (non-hydrogen) atoms. The number of carbonyl (C=O) groups is 1. The fourth-order valence-electron chi connectivity index (χ4n) is 10.5. The van der Waals surface area contributed by atoms with Crippen molar-refractivity contribution in [3.63, 3.8) is 0 Å². The Morgan fingerprint density at radius 1 is 0.810 bits per heavy atom. The molecule has 4 fully saturated rings. The van der Waals surface area contributed by atoms with Gasteiger partial charge in [-0.2, -0.15) is 0 Å². The average molecular weight is 639 g/mol. The van der Waals surface area contributed by atoms with Gasteiger partial charge in [0.1, 0.15) is 0 Å². The number of hydrogen-bond donors (Lipinski definition) is 0. The lowest BCUT2D eigenvalue weighted by Gasteiger charge is -2.66. The Balaban J connectivity index is 1.72. The summed E-state index contributed by atoms with van der Waals surface area (Å²) in [6, 6.07) is 0. The van der Waals surface area contributed by atoms with Gasteiger partial charge in [-0.25, -0.2) is 0 Å². The highest BCUT2D eigenvalue weighted by Gasteiger charge is 2.67. The second-order valence-corrected chi connectivity index (χ2v) is 31.6. The molecule has 5 nitrogen and oxygen atoms in total. The zero-order chi connectivity index (χ0) is 31.5. The molecule has 0 bridgehead atoms. The summed E-state index contributed by atoms with van der Waals surface area (Å²) < 4.78 is 26.4. The van der Waals surface area contributed by atoms with Gasteiger partial charge in [-0.15, -0.1) is 0 Å². The zero-order valence-electron chi connectivity index (χ0n) is 29.6. The van der Waals surface area contributed by atoms with Gasteiger partial charge in [0.25, 0.3) is 0 Å². The van der Waals surface area contributed by atoms with E-state index in [1.165, 1.54) is 52.1 Å². The SMILES string of the molecule is COC(=O)CCC(C)C1CCC2C3C(C[C@H](O[Si](C)(C)C)C12C)C1(C)CC[C@@H](O[Si](C)(C)C)C[C@H]1C[C@@H]3O[Si](C)(C)C. The summed E-state index contributed by atoms with van der Waals surface area (Å²) in [5, 5.41) is 0. The van der Waals surface area contributed by atoms with E-state index in [9.17, 15) is 4.79 Å². The minimum atomic E-state index is -1.79. The second kappa shape index (κ2) is 12.3. The Morgan fingerprint density at radius 2 is 1.43 bits per heavy atom. The van der Waals surface area contributed by atoms with Crippen LogP contribution in [0.5, 0.6) is 0 Å². The minimum absolute atomic E-state index is 0.0799. The highest BCUT2D eigenvalue weighted by molar-refractivity contribution is 6.70. The van der Waals surface area contributed by atoms with Crippen LogP contribution in [0.2, 0.25) is 58.9 Å². The van der Waals surface area contributed by atoms with Crippen molar-refractivity contribution in [3.8, 4) is 0 Å². The van der Waals surface area contributed by atoms with Crippen LogP contribution in [0.25, 0.3) is 0 Å². The maximum atomic E-state index is 12.1. The number of methoxy groups -OCH3 is 1. The Bertz CT molecular complexity index is 954. The van der Waals surface area contributed by atoms with Crippen LogP contribution in [-0.2, 0) is 22.8 Å². The molecule has 0 aromatic heterocycles. The molecule has 0 spiro atoms. The van der Waals surface area contributed by atoms with E-state index in [4.69, 9.17) is 18.0 Å². The number of esters is 1. The van der Waals surface area contributed by atoms with Crippen LogP contribution in [0.4, 0.5) is 0 Å². The van der Waals surface area contributed by atoms with Gasteiger partial charge < -0.3 is 18.0 Å². The largest absolute Gasteiger partial charge is 0.469 e. The number of hydrogen-bond acceptors (Lipinski definition) is 5. The quantitative estimate of drug-likeness (QED) is 0.176. The van der Waals surface area contributed by atoms with Crippen LogP contribution in [-0.4, -0.2) is 56.3 Å². The lowest BCUT2D eigenvalue weighted by Crippen LogP contribution is -2.64. The third kappa shape index (κ3) is 7.35. The second-order valence-electron chi connectivity index (χ2n) is 18.2. The van der Waals surface area contributed by atoms with E-state index in [0.29, 0.717) is 59.6 Å². The molecular formula is C34H66O5Si3. The predicted molar refractivity (Wildman–Crippen MR) is 181 cm³/mol. The smallest absolute Gasteiger partial charge is 0.305 e. The Kier molecular flexibility index (Phi) is 10.2. The van der Waals surface area contributed by atoms with E-state index in [2.05, 4.69) is 79.7 Å². The van der Waals surface area contributed by atoms with E-state index in [-0.39, 0.29) is 17.5 Å². The normalized spacial score (nSPS) is 41.5. The number of fused-ring (bicyclic) bond motifs is 5. The van der Waals surface area contributed by atoms with Crippen LogP contribution >= 0.6 is 0 Å². The molecule has 7 unspecified atom stereocenters. The molecule has 244 valence electrons. The van der Waals surface area contributed by atoms with Crippen LogP contribution in [0.1, 0.15) is 78.6 Å². The number of rotatable bonds is 10. The van der Waals surface area contributed by atoms with Gasteiger partial charge in [-0.05, 0) is 157 Å². The summed E-state index contributed by atoms with van der Waals surface area (Å²) in [6.07, 6.45) is 11.0. The summed E-state index contributed by atoms with van der Waals surface area (Å²) in [6.45, 7) is 29.0. The van der Waals surface area contributed by atoms with Gasteiger partial charge in [0, 0.05) is 18.6 Å². The van der Waals surface area contributed by atoms with E-state index >= 15 is 0 Å². The molecule has 4 aliphatic carbocycles. The predicted octanol–water partition coefficient (Wildman–Crippen LogP) is 9.11. The van der Waals surface area contributed by atoms with Crippen molar-refractivity contribution in [1.82, 2.24) is 0 Å². The van der Waals surface area contributed by atoms with Crippen LogP contribution in [0, 0.1) is 46.3 Å². The van der Waals surface area contributed by atoms with Gasteiger partial charge in [0.05, 0.1) is 13.2 Å². The van der Waals surface area contributed by atoms with Gasteiger partial charge in [-0.1, -0.05) is 20.8 Å². The first-order valence-corrected chi connectivity index (χ1v) is 27.5. The van der Waals surface area contributed by atoms with Gasteiger partial charge in [0.15, 0.2) is 25.0 Å². The molecular weight excluding hydrogens is 573 g/mol. The van der Waals surface area contributed by atoms with Gasteiger partial charge >= 0.3 is 5.97 Å². The molecule has 0 aromatic carbocycles. The third-order valence-electron chi connectivity index (χ3n) is 12.0. The van der Waals surface area contributed by atoms with Crippen LogP contribution in [0.15, 0.2) is 0 Å². The molecule has 0 aliphatic heterocycles. The maximum Gasteiger partial charge on any atom is 0.305 e. The van der Waals surface area contributed by atoms with Crippen molar-refractivity contribution in [3.05, 3.63) is 0 Å². The summed E-state index contributed by atoms with van der Waals surface area (Å²) in [4.78, 5) is 12.1. The highest BCUT2D eigenvalue weighted by atomic mass is 28.4. The standard InChI is InChI=1S/C34H66O5Si3/c1-23(14-17-31(35)36-4)26-15-16-27-32-28(22-30(34(26,27)3)39-42(11,12)13)33(2)19-18-25(37-40(5,6)7)20-24(33)21-29(32)38-41(8,9)10/h23-30,32H,14-22H2,1-13H3/t23?,24-,25+,26?,27?,28?,29-,30-,32?,33?,34?/m0/s1. The lowest BCUT2D eigenvalue weighted by molar-refractivity contribution is -0.199. The van der Waals surface area contributed by atoms with E-state index in [1.54, 1.807) is 0 Å². The van der Waals surface area contributed by atoms with Gasteiger partial charge in [0.2, 0.25) is 0 Å². The summed E-state index contributed by atoms with van der Waals surface area (Å²) in [7, 11) is -3.61. The maximum absolute atomic E-state index is 12.1. The number of carbonyl (C=O) groups excluding carboxylic acids is 1. The molecule has 4 saturated carbocycles. The monoisotopic (exact) mass is 638 g/mol. The zero-order valence-corrected chi connectivity index (χ0v) is 32.6. The molecule has 0 radical (unpaired) electrons. The molecule has 11 atom stereocenters. The molecule has 0 heterocycles. The average Bonchev–Trinajstić information content (AvgIpc) is 3.19. The third-order valence-corrected chi connectivity index (χ3v) is 15.0. The van der Waals surface area contributed by atoms with E-state index in [1.807, 2.05) is 0 Å². The van der Waals surface area contributed by atoms with E-state index < -0.39 is 25.0 Å². The summed E-state index contributed by atoms with van der Waals surface area (Å²) >= 11 is 0. The lowest BCUT2D eigenvalue weighted by atomic mass is 9.43. The van der Waals surface area contributed by atoms with Crippen molar-refractivity contribution in [2.45, 2.75) is 156 Å². The van der Waals surface area contributed by atoms with Crippen LogP contribution in [0.3, 0.4) is 0 Å². The first kappa shape index (κ1) is 34.9. The van der Waals surface area contributed by atoms with Crippen molar-refractivity contribution in [2.24, 2.45) is 46.3 Å². The molecule has 0 saturated heterocycles. The summed E-state index contributed by atoms with van der Waals surface area (Å²) in [5.41, 5.74) is 0.430. The molecule has 0 amide bonds. The highest BCUT2D eigenvalue weighted by Crippen LogP contribution is 2.69. The molecule has 8 heteroatoms. The Hall–Kier alpha value is 0.000649. The van der Waals surface area contributed by atoms with Crippen LogP contribution < -0.4 is 0 Å². The Morgan fingerprint density at radius 3 is 2.00 bits per heavy atom. The fourth-order valence-corrected chi connectivity index (χ4v) is 14.1.